The van der Waals surface area contributed by atoms with Crippen LogP contribution in [0.5, 0.6) is 5.75 Å². The summed E-state index contributed by atoms with van der Waals surface area (Å²) in [6.07, 6.45) is 6.43. The predicted molar refractivity (Wildman–Crippen MR) is 134 cm³/mol. The molecule has 0 saturated heterocycles. The summed E-state index contributed by atoms with van der Waals surface area (Å²) in [5.41, 5.74) is 2.89. The Labute approximate surface area is 200 Å². The van der Waals surface area contributed by atoms with E-state index in [-0.39, 0.29) is 11.8 Å². The van der Waals surface area contributed by atoms with Gasteiger partial charge in [0.15, 0.2) is 4.96 Å². The number of hydrogen-bond acceptors (Lipinski definition) is 6. The van der Waals surface area contributed by atoms with Crippen molar-refractivity contribution in [1.82, 2.24) is 14.7 Å². The minimum atomic E-state index is -0.672. The van der Waals surface area contributed by atoms with Crippen LogP contribution in [0.1, 0.15) is 16.8 Å². The summed E-state index contributed by atoms with van der Waals surface area (Å²) >= 11 is 3.20. The first-order chi connectivity index (χ1) is 16.1. The van der Waals surface area contributed by atoms with Crippen LogP contribution in [0.25, 0.3) is 16.2 Å². The monoisotopic (exact) mass is 480 g/mol. The second-order valence-electron chi connectivity index (χ2n) is 7.29. The van der Waals surface area contributed by atoms with Crippen molar-refractivity contribution < 1.29 is 14.3 Å². The van der Waals surface area contributed by atoms with Gasteiger partial charge in [0, 0.05) is 29.0 Å². The molecule has 0 bridgehead atoms. The molecule has 2 aromatic carbocycles. The zero-order valence-electron chi connectivity index (χ0n) is 18.3. The van der Waals surface area contributed by atoms with Crippen molar-refractivity contribution in [2.75, 3.05) is 24.4 Å². The zero-order chi connectivity index (χ0) is 23.2. The quantitative estimate of drug-likeness (QED) is 0.367. The molecule has 170 valence electrons. The predicted octanol–water partition coefficient (Wildman–Crippen LogP) is 4.56. The van der Waals surface area contributed by atoms with Crippen molar-refractivity contribution in [3.05, 3.63) is 71.9 Å². The highest BCUT2D eigenvalue weighted by Crippen LogP contribution is 2.23. The fourth-order valence-corrected chi connectivity index (χ4v) is 4.56. The van der Waals surface area contributed by atoms with Gasteiger partial charge in [0.25, 0.3) is 5.91 Å². The molecular formula is C24H24N4O3S2. The number of aromatic nitrogens is 2. The van der Waals surface area contributed by atoms with Crippen molar-refractivity contribution >= 4 is 45.6 Å². The van der Waals surface area contributed by atoms with Gasteiger partial charge >= 0.3 is 0 Å². The Bertz CT molecular complexity index is 1220. The topological polar surface area (TPSA) is 84.7 Å². The molecule has 2 N–H and O–H groups in total. The number of ether oxygens (including phenoxy) is 1. The third-order valence-electron chi connectivity index (χ3n) is 5.13. The van der Waals surface area contributed by atoms with Gasteiger partial charge in [-0.05, 0) is 42.7 Å². The normalized spacial score (nSPS) is 11.8. The van der Waals surface area contributed by atoms with E-state index in [1.807, 2.05) is 52.7 Å². The first-order valence-corrected chi connectivity index (χ1v) is 12.6. The third kappa shape index (κ3) is 5.37. The fourth-order valence-electron chi connectivity index (χ4n) is 3.39. The Hall–Kier alpha value is -3.30. The number of para-hydroxylation sites is 1. The van der Waals surface area contributed by atoms with Crippen molar-refractivity contribution in [3.63, 3.8) is 0 Å². The number of fused-ring (bicyclic) bond motifs is 1. The summed E-state index contributed by atoms with van der Waals surface area (Å²) in [5, 5.41) is 7.77. The van der Waals surface area contributed by atoms with E-state index in [0.717, 1.165) is 22.0 Å². The van der Waals surface area contributed by atoms with Crippen molar-refractivity contribution in [2.24, 2.45) is 0 Å². The van der Waals surface area contributed by atoms with Gasteiger partial charge in [-0.1, -0.05) is 24.3 Å². The minimum absolute atomic E-state index is 0.262. The fraction of sp³-hybridized carbons (Fsp3) is 0.208. The van der Waals surface area contributed by atoms with Gasteiger partial charge in [0.1, 0.15) is 11.8 Å². The van der Waals surface area contributed by atoms with Gasteiger partial charge in [0.2, 0.25) is 5.91 Å². The summed E-state index contributed by atoms with van der Waals surface area (Å²) < 4.78 is 7.26. The maximum Gasteiger partial charge on any atom is 0.255 e. The molecule has 0 saturated carbocycles. The Balaban J connectivity index is 1.45. The molecular weight excluding hydrogens is 456 g/mol. The number of carbonyl (C=O) groups excluding carboxylic acids is 2. The van der Waals surface area contributed by atoms with Crippen LogP contribution in [0.15, 0.2) is 66.3 Å². The lowest BCUT2D eigenvalue weighted by atomic mass is 10.1. The van der Waals surface area contributed by atoms with Crippen LogP contribution in [0.3, 0.4) is 0 Å². The maximum absolute atomic E-state index is 13.0. The molecule has 1 unspecified atom stereocenters. The highest BCUT2D eigenvalue weighted by Gasteiger charge is 2.23. The molecule has 2 amide bonds. The Morgan fingerprint density at radius 3 is 2.70 bits per heavy atom. The molecule has 0 aliphatic heterocycles. The molecule has 7 nitrogen and oxygen atoms in total. The number of imidazole rings is 1. The molecule has 2 heterocycles. The molecule has 0 aliphatic carbocycles. The second-order valence-corrected chi connectivity index (χ2v) is 9.15. The number of amides is 2. The molecule has 0 radical (unpaired) electrons. The number of methoxy groups -OCH3 is 1. The number of thioether (sulfide) groups is 1. The van der Waals surface area contributed by atoms with Crippen LogP contribution in [0, 0.1) is 0 Å². The van der Waals surface area contributed by atoms with Gasteiger partial charge in [-0.2, -0.15) is 11.8 Å². The average molecular weight is 481 g/mol. The van der Waals surface area contributed by atoms with Crippen LogP contribution in [-0.2, 0) is 4.79 Å². The standard InChI is InChI=1S/C24H24N4O3S2/c1-31-21-6-4-3-5-18(21)22(29)26-19(11-13-32-2)23(30)25-17-9-7-16(8-10-17)20-15-28-12-14-33-24(28)27-20/h3-10,12,14-15,19H,11,13H2,1-2H3,(H,25,30)(H,26,29). The SMILES string of the molecule is COc1ccccc1C(=O)NC(CCSC)C(=O)Nc1ccc(-c2cn3ccsc3n2)cc1. The first-order valence-electron chi connectivity index (χ1n) is 10.4. The maximum atomic E-state index is 13.0. The lowest BCUT2D eigenvalue weighted by Crippen LogP contribution is -2.44. The molecule has 2 aromatic heterocycles. The molecule has 0 fully saturated rings. The zero-order valence-corrected chi connectivity index (χ0v) is 19.9. The van der Waals surface area contributed by atoms with Crippen LogP contribution in [0.2, 0.25) is 0 Å². The van der Waals surface area contributed by atoms with E-state index < -0.39 is 6.04 Å². The lowest BCUT2D eigenvalue weighted by Gasteiger charge is -2.19. The summed E-state index contributed by atoms with van der Waals surface area (Å²) in [6.45, 7) is 0. The summed E-state index contributed by atoms with van der Waals surface area (Å²) in [5.74, 6) is 0.598. The number of carbonyl (C=O) groups is 2. The largest absolute Gasteiger partial charge is 0.496 e. The van der Waals surface area contributed by atoms with E-state index in [4.69, 9.17) is 4.74 Å². The van der Waals surface area contributed by atoms with Crippen LogP contribution >= 0.6 is 23.1 Å². The van der Waals surface area contributed by atoms with E-state index in [1.54, 1.807) is 47.4 Å². The molecule has 33 heavy (non-hydrogen) atoms. The number of benzene rings is 2. The van der Waals surface area contributed by atoms with Crippen LogP contribution in [-0.4, -0.2) is 46.4 Å². The smallest absolute Gasteiger partial charge is 0.255 e. The van der Waals surface area contributed by atoms with E-state index in [9.17, 15) is 9.59 Å². The van der Waals surface area contributed by atoms with Gasteiger partial charge < -0.3 is 15.4 Å². The van der Waals surface area contributed by atoms with Crippen LogP contribution < -0.4 is 15.4 Å². The Morgan fingerprint density at radius 1 is 1.18 bits per heavy atom. The van der Waals surface area contributed by atoms with E-state index in [0.29, 0.717) is 23.4 Å². The Morgan fingerprint density at radius 2 is 1.97 bits per heavy atom. The summed E-state index contributed by atoms with van der Waals surface area (Å²) in [4.78, 5) is 31.4. The molecule has 0 spiro atoms. The number of hydrogen-bond donors (Lipinski definition) is 2. The third-order valence-corrected chi connectivity index (χ3v) is 6.54. The number of nitrogens with zero attached hydrogens (tertiary/aromatic N) is 2. The van der Waals surface area contributed by atoms with Gasteiger partial charge in [-0.15, -0.1) is 11.3 Å². The Kier molecular flexibility index (Phi) is 7.31. The second kappa shape index (κ2) is 10.5. The van der Waals surface area contributed by atoms with E-state index in [1.165, 1.54) is 7.11 Å². The average Bonchev–Trinajstić information content (AvgIpc) is 3.44. The van der Waals surface area contributed by atoms with Gasteiger partial charge in [-0.3, -0.25) is 14.0 Å². The molecule has 4 rings (SSSR count). The molecule has 4 aromatic rings. The molecule has 0 aliphatic rings. The minimum Gasteiger partial charge on any atom is -0.496 e. The van der Waals surface area contributed by atoms with Crippen molar-refractivity contribution in [1.29, 1.82) is 0 Å². The van der Waals surface area contributed by atoms with Crippen molar-refractivity contribution in [2.45, 2.75) is 12.5 Å². The molecule has 1 atom stereocenters. The summed E-state index contributed by atoms with van der Waals surface area (Å²) in [7, 11) is 1.51. The van der Waals surface area contributed by atoms with Gasteiger partial charge in [0.05, 0.1) is 18.4 Å². The lowest BCUT2D eigenvalue weighted by molar-refractivity contribution is -0.118. The number of anilines is 1. The molecule has 9 heteroatoms. The number of nitrogens with one attached hydrogen (secondary N) is 2. The van der Waals surface area contributed by atoms with Gasteiger partial charge in [-0.25, -0.2) is 4.98 Å². The van der Waals surface area contributed by atoms with Crippen molar-refractivity contribution in [3.8, 4) is 17.0 Å². The van der Waals surface area contributed by atoms with E-state index >= 15 is 0 Å². The highest BCUT2D eigenvalue weighted by atomic mass is 32.2. The number of rotatable bonds is 9. The van der Waals surface area contributed by atoms with Crippen LogP contribution in [0.4, 0.5) is 5.69 Å². The number of thiazole rings is 1. The van der Waals surface area contributed by atoms with E-state index in [2.05, 4.69) is 15.6 Å². The first kappa shape index (κ1) is 22.9. The summed E-state index contributed by atoms with van der Waals surface area (Å²) in [6, 6.07) is 13.8. The highest BCUT2D eigenvalue weighted by molar-refractivity contribution is 7.98.